The molecule has 76 valence electrons. The molecule has 3 N–H and O–H groups in total. The van der Waals surface area contributed by atoms with E-state index in [0.717, 1.165) is 12.8 Å². The number of carbonyl (C=O) groups excluding carboxylic acids is 1. The van der Waals surface area contributed by atoms with E-state index in [9.17, 15) is 4.79 Å². The normalized spacial score (nSPS) is 20.2. The molecule has 1 saturated carbocycles. The van der Waals surface area contributed by atoms with E-state index in [0.29, 0.717) is 6.42 Å². The second-order valence-corrected chi connectivity index (χ2v) is 3.45. The van der Waals surface area contributed by atoms with Crippen molar-refractivity contribution in [2.45, 2.75) is 51.2 Å². The topological polar surface area (TPSA) is 64.3 Å². The third kappa shape index (κ3) is 2.97. The molecule has 1 fully saturated rings. The van der Waals surface area contributed by atoms with Crippen molar-refractivity contribution in [2.24, 2.45) is 5.84 Å². The van der Waals surface area contributed by atoms with E-state index >= 15 is 0 Å². The van der Waals surface area contributed by atoms with Crippen LogP contribution in [0.3, 0.4) is 0 Å². The van der Waals surface area contributed by atoms with Gasteiger partial charge in [-0.2, -0.15) is 0 Å². The summed E-state index contributed by atoms with van der Waals surface area (Å²) < 4.78 is 5.62. The predicted octanol–water partition coefficient (Wildman–Crippen LogP) is 0.714. The quantitative estimate of drug-likeness (QED) is 0.386. The third-order valence-corrected chi connectivity index (χ3v) is 2.46. The number of carbonyl (C=O) groups is 1. The van der Waals surface area contributed by atoms with Crippen LogP contribution >= 0.6 is 0 Å². The Labute approximate surface area is 78.8 Å². The van der Waals surface area contributed by atoms with Crippen LogP contribution in [0.5, 0.6) is 0 Å². The molecule has 4 nitrogen and oxygen atoms in total. The fraction of sp³-hybridized carbons (Fsp3) is 0.889. The lowest BCUT2D eigenvalue weighted by molar-refractivity contribution is -0.136. The minimum absolute atomic E-state index is 0.214. The van der Waals surface area contributed by atoms with Crippen LogP contribution in [0.2, 0.25) is 0 Å². The molecule has 1 atom stereocenters. The summed E-state index contributed by atoms with van der Waals surface area (Å²) in [4.78, 5) is 11.2. The van der Waals surface area contributed by atoms with Gasteiger partial charge in [0.2, 0.25) is 0 Å². The molecule has 0 saturated heterocycles. The highest BCUT2D eigenvalue weighted by Crippen LogP contribution is 2.22. The Bertz CT molecular complexity index is 167. The van der Waals surface area contributed by atoms with E-state index < -0.39 is 0 Å². The van der Waals surface area contributed by atoms with Gasteiger partial charge in [0.25, 0.3) is 5.91 Å². The first kappa shape index (κ1) is 10.5. The standard InChI is InChI=1S/C9H18N2O2/c1-2-8(9(12)11-10)13-7-5-3-4-6-7/h7-8H,2-6,10H2,1H3,(H,11,12). The molecular weight excluding hydrogens is 168 g/mol. The van der Waals surface area contributed by atoms with Gasteiger partial charge in [-0.05, 0) is 19.3 Å². The highest BCUT2D eigenvalue weighted by atomic mass is 16.5. The second kappa shape index (κ2) is 5.19. The van der Waals surface area contributed by atoms with Crippen LogP contribution in [0.1, 0.15) is 39.0 Å². The van der Waals surface area contributed by atoms with Crippen molar-refractivity contribution in [3.05, 3.63) is 0 Å². The van der Waals surface area contributed by atoms with E-state index in [1.165, 1.54) is 12.8 Å². The number of rotatable bonds is 4. The zero-order chi connectivity index (χ0) is 9.68. The number of hydrogen-bond acceptors (Lipinski definition) is 3. The summed E-state index contributed by atoms with van der Waals surface area (Å²) in [5.41, 5.74) is 2.13. The number of hydrazine groups is 1. The highest BCUT2D eigenvalue weighted by molar-refractivity contribution is 5.80. The molecule has 1 aliphatic rings. The molecule has 0 spiro atoms. The molecule has 4 heteroatoms. The van der Waals surface area contributed by atoms with Gasteiger partial charge in [-0.15, -0.1) is 0 Å². The van der Waals surface area contributed by atoms with Gasteiger partial charge in [0.1, 0.15) is 6.10 Å². The lowest BCUT2D eigenvalue weighted by Gasteiger charge is -2.18. The maximum absolute atomic E-state index is 11.2. The van der Waals surface area contributed by atoms with Gasteiger partial charge in [-0.1, -0.05) is 19.8 Å². The molecule has 0 aliphatic heterocycles. The predicted molar refractivity (Wildman–Crippen MR) is 49.8 cm³/mol. The second-order valence-electron chi connectivity index (χ2n) is 3.45. The van der Waals surface area contributed by atoms with Crippen LogP contribution in [-0.2, 0) is 9.53 Å². The first-order valence-electron chi connectivity index (χ1n) is 4.93. The van der Waals surface area contributed by atoms with E-state index in [1.807, 2.05) is 6.92 Å². The minimum atomic E-state index is -0.368. The Morgan fingerprint density at radius 1 is 1.62 bits per heavy atom. The number of amides is 1. The fourth-order valence-corrected chi connectivity index (χ4v) is 1.69. The molecule has 0 heterocycles. The number of ether oxygens (including phenoxy) is 1. The van der Waals surface area contributed by atoms with Crippen LogP contribution in [0, 0.1) is 0 Å². The van der Waals surface area contributed by atoms with Gasteiger partial charge in [-0.3, -0.25) is 10.2 Å². The van der Waals surface area contributed by atoms with E-state index in [4.69, 9.17) is 10.6 Å². The molecule has 1 unspecified atom stereocenters. The largest absolute Gasteiger partial charge is 0.365 e. The summed E-state index contributed by atoms with van der Waals surface area (Å²) >= 11 is 0. The molecule has 1 amide bonds. The van der Waals surface area contributed by atoms with Crippen molar-refractivity contribution in [1.82, 2.24) is 5.43 Å². The van der Waals surface area contributed by atoms with Gasteiger partial charge < -0.3 is 4.74 Å². The van der Waals surface area contributed by atoms with Gasteiger partial charge in [0.05, 0.1) is 6.10 Å². The van der Waals surface area contributed by atoms with Gasteiger partial charge in [0.15, 0.2) is 0 Å². The summed E-state index contributed by atoms with van der Waals surface area (Å²) in [6, 6.07) is 0. The van der Waals surface area contributed by atoms with Gasteiger partial charge in [0, 0.05) is 0 Å². The van der Waals surface area contributed by atoms with Crippen LogP contribution in [0.4, 0.5) is 0 Å². The van der Waals surface area contributed by atoms with Crippen molar-refractivity contribution in [2.75, 3.05) is 0 Å². The first-order chi connectivity index (χ1) is 6.27. The average molecular weight is 186 g/mol. The Kier molecular flexibility index (Phi) is 4.18. The van der Waals surface area contributed by atoms with Crippen LogP contribution in [0.15, 0.2) is 0 Å². The van der Waals surface area contributed by atoms with E-state index in [-0.39, 0.29) is 18.1 Å². The summed E-state index contributed by atoms with van der Waals surface area (Å²) in [6.07, 6.45) is 5.16. The van der Waals surface area contributed by atoms with Gasteiger partial charge >= 0.3 is 0 Å². The molecule has 0 aromatic carbocycles. The summed E-state index contributed by atoms with van der Waals surface area (Å²) in [5, 5.41) is 0. The summed E-state index contributed by atoms with van der Waals surface area (Å²) in [5.74, 6) is 4.83. The highest BCUT2D eigenvalue weighted by Gasteiger charge is 2.23. The number of nitrogens with two attached hydrogens (primary N) is 1. The molecule has 0 aromatic heterocycles. The lowest BCUT2D eigenvalue weighted by Crippen LogP contribution is -2.41. The van der Waals surface area contributed by atoms with Crippen molar-refractivity contribution in [3.63, 3.8) is 0 Å². The van der Waals surface area contributed by atoms with Crippen molar-refractivity contribution >= 4 is 5.91 Å². The number of hydrogen-bond donors (Lipinski definition) is 2. The lowest BCUT2D eigenvalue weighted by atomic mass is 10.2. The smallest absolute Gasteiger partial charge is 0.262 e. The molecule has 0 bridgehead atoms. The van der Waals surface area contributed by atoms with Crippen molar-refractivity contribution in [3.8, 4) is 0 Å². The fourth-order valence-electron chi connectivity index (χ4n) is 1.69. The molecule has 0 aromatic rings. The Morgan fingerprint density at radius 2 is 2.23 bits per heavy atom. The van der Waals surface area contributed by atoms with Gasteiger partial charge in [-0.25, -0.2) is 5.84 Å². The first-order valence-corrected chi connectivity index (χ1v) is 4.93. The van der Waals surface area contributed by atoms with Crippen LogP contribution in [0.25, 0.3) is 0 Å². The van der Waals surface area contributed by atoms with E-state index in [2.05, 4.69) is 5.43 Å². The number of nitrogens with one attached hydrogen (secondary N) is 1. The maximum atomic E-state index is 11.2. The SMILES string of the molecule is CCC(OC1CCCC1)C(=O)NN. The summed E-state index contributed by atoms with van der Waals surface area (Å²) in [7, 11) is 0. The van der Waals surface area contributed by atoms with Crippen molar-refractivity contribution in [1.29, 1.82) is 0 Å². The molecule has 0 radical (unpaired) electrons. The van der Waals surface area contributed by atoms with Crippen LogP contribution in [-0.4, -0.2) is 18.1 Å². The third-order valence-electron chi connectivity index (χ3n) is 2.46. The maximum Gasteiger partial charge on any atom is 0.262 e. The molecule has 1 aliphatic carbocycles. The molecule has 13 heavy (non-hydrogen) atoms. The zero-order valence-corrected chi connectivity index (χ0v) is 8.08. The monoisotopic (exact) mass is 186 g/mol. The molecular formula is C9H18N2O2. The Hall–Kier alpha value is -0.610. The summed E-state index contributed by atoms with van der Waals surface area (Å²) in [6.45, 7) is 1.93. The van der Waals surface area contributed by atoms with E-state index in [1.54, 1.807) is 0 Å². The Morgan fingerprint density at radius 3 is 2.69 bits per heavy atom. The zero-order valence-electron chi connectivity index (χ0n) is 8.08. The van der Waals surface area contributed by atoms with Crippen molar-refractivity contribution < 1.29 is 9.53 Å². The van der Waals surface area contributed by atoms with Crippen LogP contribution < -0.4 is 11.3 Å². The minimum Gasteiger partial charge on any atom is -0.365 e. The average Bonchev–Trinajstić information content (AvgIpc) is 2.65. The molecule has 1 rings (SSSR count). The Balaban J connectivity index is 2.33.